The van der Waals surface area contributed by atoms with Gasteiger partial charge in [-0.25, -0.2) is 0 Å². The van der Waals surface area contributed by atoms with E-state index in [9.17, 15) is 9.90 Å². The van der Waals surface area contributed by atoms with E-state index >= 15 is 0 Å². The number of unbranched alkanes of at least 4 members (excludes halogenated alkanes) is 9. The van der Waals surface area contributed by atoms with Gasteiger partial charge >= 0.3 is 5.97 Å². The number of rotatable bonds is 16. The molecule has 23 heavy (non-hydrogen) atoms. The van der Waals surface area contributed by atoms with E-state index in [-0.39, 0.29) is 12.1 Å². The Morgan fingerprint density at radius 3 is 2.09 bits per heavy atom. The maximum Gasteiger partial charge on any atom is 0.305 e. The van der Waals surface area contributed by atoms with Crippen molar-refractivity contribution in [3.63, 3.8) is 0 Å². The fourth-order valence-corrected chi connectivity index (χ4v) is 2.65. The lowest BCUT2D eigenvalue weighted by Gasteiger charge is -2.03. The highest BCUT2D eigenvalue weighted by Crippen LogP contribution is 2.12. The smallest absolute Gasteiger partial charge is 0.305 e. The van der Waals surface area contributed by atoms with Crippen LogP contribution in [0.1, 0.15) is 97.3 Å². The summed E-state index contributed by atoms with van der Waals surface area (Å²) >= 11 is 0. The molecule has 0 radical (unpaired) electrons. The minimum Gasteiger partial charge on any atom is -0.466 e. The van der Waals surface area contributed by atoms with E-state index in [1.54, 1.807) is 0 Å². The van der Waals surface area contributed by atoms with Crippen molar-refractivity contribution in [1.82, 2.24) is 0 Å². The average Bonchev–Trinajstić information content (AvgIpc) is 2.52. The molecule has 1 atom stereocenters. The average molecular weight is 327 g/mol. The summed E-state index contributed by atoms with van der Waals surface area (Å²) in [5.41, 5.74) is 0. The van der Waals surface area contributed by atoms with Crippen LogP contribution in [0.5, 0.6) is 0 Å². The van der Waals surface area contributed by atoms with Crippen LogP contribution in [0.15, 0.2) is 12.2 Å². The molecule has 3 heteroatoms. The first kappa shape index (κ1) is 22.2. The van der Waals surface area contributed by atoms with Gasteiger partial charge in [-0.1, -0.05) is 70.4 Å². The molecule has 0 bridgehead atoms. The number of aliphatic hydroxyl groups is 1. The number of aliphatic hydroxyl groups excluding tert-OH is 1. The van der Waals surface area contributed by atoms with Gasteiger partial charge in [-0.05, 0) is 32.6 Å². The zero-order valence-electron chi connectivity index (χ0n) is 15.4. The minimum atomic E-state index is -0.246. The molecule has 3 nitrogen and oxygen atoms in total. The van der Waals surface area contributed by atoms with Crippen molar-refractivity contribution in [3.05, 3.63) is 12.2 Å². The number of allylic oxidation sites excluding steroid dienone is 1. The Kier molecular flexibility index (Phi) is 16.9. The second-order valence-corrected chi connectivity index (χ2v) is 6.31. The van der Waals surface area contributed by atoms with Gasteiger partial charge in [0.1, 0.15) is 0 Å². The van der Waals surface area contributed by atoms with Gasteiger partial charge in [-0.2, -0.15) is 0 Å². The van der Waals surface area contributed by atoms with Crippen molar-refractivity contribution in [2.24, 2.45) is 0 Å². The molecule has 0 fully saturated rings. The number of carbonyl (C=O) groups is 1. The van der Waals surface area contributed by atoms with Crippen molar-refractivity contribution in [2.45, 2.75) is 103 Å². The summed E-state index contributed by atoms with van der Waals surface area (Å²) in [5.74, 6) is -0.0521. The zero-order chi connectivity index (χ0) is 17.2. The van der Waals surface area contributed by atoms with Crippen molar-refractivity contribution in [1.29, 1.82) is 0 Å². The maximum absolute atomic E-state index is 11.2. The van der Waals surface area contributed by atoms with Gasteiger partial charge < -0.3 is 9.84 Å². The van der Waals surface area contributed by atoms with Crippen LogP contribution >= 0.6 is 0 Å². The van der Waals surface area contributed by atoms with Crippen LogP contribution in [0.2, 0.25) is 0 Å². The molecule has 0 aromatic heterocycles. The predicted molar refractivity (Wildman–Crippen MR) is 97.5 cm³/mol. The number of hydrogen-bond donors (Lipinski definition) is 1. The molecule has 0 heterocycles. The Morgan fingerprint density at radius 2 is 1.52 bits per heavy atom. The molecule has 0 saturated carbocycles. The van der Waals surface area contributed by atoms with E-state index in [1.807, 2.05) is 13.0 Å². The summed E-state index contributed by atoms with van der Waals surface area (Å²) < 4.78 is 4.91. The fourth-order valence-electron chi connectivity index (χ4n) is 2.65. The van der Waals surface area contributed by atoms with Gasteiger partial charge in [-0.3, -0.25) is 4.79 Å². The molecule has 0 aliphatic heterocycles. The normalized spacial score (nSPS) is 12.7. The third-order valence-corrected chi connectivity index (χ3v) is 4.00. The largest absolute Gasteiger partial charge is 0.466 e. The van der Waals surface area contributed by atoms with E-state index in [1.165, 1.54) is 44.9 Å². The van der Waals surface area contributed by atoms with Gasteiger partial charge in [0.2, 0.25) is 0 Å². The number of carbonyl (C=O) groups excluding carboxylic acids is 1. The zero-order valence-corrected chi connectivity index (χ0v) is 15.4. The Morgan fingerprint density at radius 1 is 0.957 bits per heavy atom. The fraction of sp³-hybridized carbons (Fsp3) is 0.850. The molecule has 0 amide bonds. The minimum absolute atomic E-state index is 0.0521. The second-order valence-electron chi connectivity index (χ2n) is 6.31. The molecule has 0 aliphatic carbocycles. The summed E-state index contributed by atoms with van der Waals surface area (Å²) in [4.78, 5) is 11.2. The predicted octanol–water partition coefficient (Wildman–Crippen LogP) is 5.56. The first-order valence-corrected chi connectivity index (χ1v) is 9.71. The molecule has 0 saturated heterocycles. The van der Waals surface area contributed by atoms with Crippen LogP contribution in [0.25, 0.3) is 0 Å². The van der Waals surface area contributed by atoms with Crippen LogP contribution in [-0.4, -0.2) is 23.8 Å². The van der Waals surface area contributed by atoms with E-state index in [0.717, 1.165) is 32.1 Å². The van der Waals surface area contributed by atoms with Crippen molar-refractivity contribution < 1.29 is 14.6 Å². The highest BCUT2D eigenvalue weighted by Gasteiger charge is 2.00. The Hall–Kier alpha value is -0.830. The summed E-state index contributed by atoms with van der Waals surface area (Å²) in [6.07, 6.45) is 18.5. The molecule has 0 unspecified atom stereocenters. The van der Waals surface area contributed by atoms with Crippen LogP contribution in [0.4, 0.5) is 0 Å². The molecule has 0 aliphatic rings. The molecule has 136 valence electrons. The van der Waals surface area contributed by atoms with Gasteiger partial charge in [0.15, 0.2) is 0 Å². The summed E-state index contributed by atoms with van der Waals surface area (Å²) in [5, 5.41) is 9.56. The van der Waals surface area contributed by atoms with E-state index < -0.39 is 0 Å². The maximum atomic E-state index is 11.2. The Labute approximate surface area is 143 Å². The topological polar surface area (TPSA) is 46.5 Å². The molecule has 0 aromatic rings. The summed E-state index contributed by atoms with van der Waals surface area (Å²) in [6, 6.07) is 0. The van der Waals surface area contributed by atoms with Crippen molar-refractivity contribution in [3.8, 4) is 0 Å². The molecule has 0 spiro atoms. The lowest BCUT2D eigenvalue weighted by molar-refractivity contribution is -0.143. The first-order valence-electron chi connectivity index (χ1n) is 9.71. The molecular weight excluding hydrogens is 288 g/mol. The molecule has 0 aromatic carbocycles. The van der Waals surface area contributed by atoms with Crippen molar-refractivity contribution in [2.75, 3.05) is 6.61 Å². The van der Waals surface area contributed by atoms with Gasteiger partial charge in [-0.15, -0.1) is 0 Å². The first-order chi connectivity index (χ1) is 11.2. The monoisotopic (exact) mass is 326 g/mol. The van der Waals surface area contributed by atoms with Crippen LogP contribution in [0.3, 0.4) is 0 Å². The van der Waals surface area contributed by atoms with E-state index in [4.69, 9.17) is 4.74 Å². The summed E-state index contributed by atoms with van der Waals surface area (Å²) in [7, 11) is 0. The summed E-state index contributed by atoms with van der Waals surface area (Å²) in [6.45, 7) is 4.44. The molecular formula is C20H38O3. The van der Waals surface area contributed by atoms with E-state index in [2.05, 4.69) is 13.0 Å². The molecule has 1 N–H and O–H groups in total. The van der Waals surface area contributed by atoms with Gasteiger partial charge in [0.05, 0.1) is 12.7 Å². The quantitative estimate of drug-likeness (QED) is 0.229. The second kappa shape index (κ2) is 17.5. The SMILES string of the molecule is CCC[C@H](O)/C=C\CCCCCCCCCCCC(=O)OCC. The lowest BCUT2D eigenvalue weighted by Crippen LogP contribution is -2.03. The van der Waals surface area contributed by atoms with Crippen LogP contribution in [-0.2, 0) is 9.53 Å². The number of ether oxygens (including phenoxy) is 1. The van der Waals surface area contributed by atoms with Gasteiger partial charge in [0.25, 0.3) is 0 Å². The Bertz CT molecular complexity index is 287. The highest BCUT2D eigenvalue weighted by molar-refractivity contribution is 5.69. The Balaban J connectivity index is 3.17. The van der Waals surface area contributed by atoms with E-state index in [0.29, 0.717) is 13.0 Å². The standard InChI is InChI=1S/C20H38O3/c1-3-16-19(21)17-14-12-10-8-6-5-7-9-11-13-15-18-20(22)23-4-2/h14,17,19,21H,3-13,15-16,18H2,1-2H3/b17-14-/t19-/m0/s1. The highest BCUT2D eigenvalue weighted by atomic mass is 16.5. The number of esters is 1. The number of hydrogen-bond acceptors (Lipinski definition) is 3. The third-order valence-electron chi connectivity index (χ3n) is 4.00. The third kappa shape index (κ3) is 17.4. The molecule has 0 rings (SSSR count). The van der Waals surface area contributed by atoms with Gasteiger partial charge in [0, 0.05) is 6.42 Å². The van der Waals surface area contributed by atoms with Crippen molar-refractivity contribution >= 4 is 5.97 Å². The lowest BCUT2D eigenvalue weighted by atomic mass is 10.1. The van der Waals surface area contributed by atoms with Crippen LogP contribution in [0, 0.1) is 0 Å². The van der Waals surface area contributed by atoms with Crippen LogP contribution < -0.4 is 0 Å².